The van der Waals surface area contributed by atoms with Crippen LogP contribution in [-0.4, -0.2) is 9.97 Å². The van der Waals surface area contributed by atoms with E-state index in [9.17, 15) is 26.3 Å². The van der Waals surface area contributed by atoms with Crippen molar-refractivity contribution < 1.29 is 26.3 Å². The molecule has 3 aromatic rings. The maximum atomic E-state index is 12.8. The molecule has 0 amide bonds. The predicted octanol–water partition coefficient (Wildman–Crippen LogP) is 6.18. The first kappa shape index (κ1) is 21.4. The van der Waals surface area contributed by atoms with Crippen LogP contribution >= 0.6 is 0 Å². The molecule has 0 unspecified atom stereocenters. The first-order chi connectivity index (χ1) is 14.0. The van der Waals surface area contributed by atoms with Gasteiger partial charge < -0.3 is 10.6 Å². The van der Waals surface area contributed by atoms with Crippen molar-refractivity contribution in [2.24, 2.45) is 0 Å². The zero-order valence-electron chi connectivity index (χ0n) is 15.6. The van der Waals surface area contributed by atoms with E-state index in [1.165, 1.54) is 24.4 Å². The highest BCUT2D eigenvalue weighted by molar-refractivity contribution is 5.56. The molecule has 0 atom stereocenters. The monoisotopic (exact) mass is 426 g/mol. The van der Waals surface area contributed by atoms with Gasteiger partial charge in [0.05, 0.1) is 11.1 Å². The third kappa shape index (κ3) is 5.40. The van der Waals surface area contributed by atoms with E-state index >= 15 is 0 Å². The molecule has 10 heteroatoms. The second kappa shape index (κ2) is 8.21. The van der Waals surface area contributed by atoms with Gasteiger partial charge in [-0.25, -0.2) is 4.98 Å². The minimum Gasteiger partial charge on any atom is -0.366 e. The van der Waals surface area contributed by atoms with Crippen LogP contribution in [-0.2, 0) is 18.9 Å². The number of rotatable bonds is 5. The summed E-state index contributed by atoms with van der Waals surface area (Å²) >= 11 is 0. The smallest absolute Gasteiger partial charge is 0.366 e. The van der Waals surface area contributed by atoms with Crippen molar-refractivity contribution in [2.75, 3.05) is 10.6 Å². The molecule has 1 aromatic heterocycles. The highest BCUT2D eigenvalue weighted by atomic mass is 19.4. The zero-order valence-corrected chi connectivity index (χ0v) is 15.6. The van der Waals surface area contributed by atoms with Crippen molar-refractivity contribution in [3.8, 4) is 0 Å². The van der Waals surface area contributed by atoms with E-state index in [1.54, 1.807) is 13.0 Å². The molecular weight excluding hydrogens is 410 g/mol. The van der Waals surface area contributed by atoms with Gasteiger partial charge in [0, 0.05) is 24.0 Å². The van der Waals surface area contributed by atoms with E-state index in [1.807, 2.05) is 0 Å². The number of benzene rings is 2. The molecule has 0 bridgehead atoms. The van der Waals surface area contributed by atoms with Crippen molar-refractivity contribution in [3.05, 3.63) is 77.0 Å². The maximum Gasteiger partial charge on any atom is 0.416 e. The molecule has 0 aliphatic heterocycles. The Morgan fingerprint density at radius 2 is 1.53 bits per heavy atom. The van der Waals surface area contributed by atoms with Gasteiger partial charge in [-0.3, -0.25) is 0 Å². The highest BCUT2D eigenvalue weighted by Gasteiger charge is 2.30. The van der Waals surface area contributed by atoms with Gasteiger partial charge in [-0.05, 0) is 48.9 Å². The summed E-state index contributed by atoms with van der Waals surface area (Å²) < 4.78 is 76.4. The van der Waals surface area contributed by atoms with Crippen molar-refractivity contribution in [1.29, 1.82) is 0 Å². The van der Waals surface area contributed by atoms with E-state index in [4.69, 9.17) is 0 Å². The molecular formula is C20H16F6N4. The molecule has 0 fully saturated rings. The first-order valence-electron chi connectivity index (χ1n) is 8.70. The number of anilines is 3. The van der Waals surface area contributed by atoms with Gasteiger partial charge in [-0.15, -0.1) is 0 Å². The minimum absolute atomic E-state index is 0.0987. The number of hydrogen-bond donors (Lipinski definition) is 2. The second-order valence-electron chi connectivity index (χ2n) is 6.48. The van der Waals surface area contributed by atoms with E-state index in [0.29, 0.717) is 22.6 Å². The Kier molecular flexibility index (Phi) is 5.86. The molecule has 0 aliphatic carbocycles. The van der Waals surface area contributed by atoms with Crippen molar-refractivity contribution in [2.45, 2.75) is 25.8 Å². The Morgan fingerprint density at radius 3 is 2.17 bits per heavy atom. The molecule has 2 N–H and O–H groups in total. The fourth-order valence-corrected chi connectivity index (χ4v) is 2.60. The summed E-state index contributed by atoms with van der Waals surface area (Å²) in [7, 11) is 0. The zero-order chi connectivity index (χ0) is 21.9. The second-order valence-corrected chi connectivity index (χ2v) is 6.48. The van der Waals surface area contributed by atoms with Crippen LogP contribution < -0.4 is 10.6 Å². The lowest BCUT2D eigenvalue weighted by atomic mass is 10.1. The molecule has 0 saturated heterocycles. The molecule has 30 heavy (non-hydrogen) atoms. The maximum absolute atomic E-state index is 12.8. The van der Waals surface area contributed by atoms with Crippen LogP contribution in [0.5, 0.6) is 0 Å². The molecule has 0 saturated carbocycles. The van der Waals surface area contributed by atoms with E-state index in [0.717, 1.165) is 24.3 Å². The summed E-state index contributed by atoms with van der Waals surface area (Å²) in [6.07, 6.45) is -7.37. The average Bonchev–Trinajstić information content (AvgIpc) is 2.68. The number of nitrogens with zero attached hydrogens (tertiary/aromatic N) is 2. The van der Waals surface area contributed by atoms with Crippen LogP contribution in [0, 0.1) is 6.92 Å². The normalized spacial score (nSPS) is 12.0. The number of aromatic nitrogens is 2. The van der Waals surface area contributed by atoms with Crippen molar-refractivity contribution >= 4 is 17.5 Å². The van der Waals surface area contributed by atoms with E-state index in [-0.39, 0.29) is 12.5 Å². The number of hydrogen-bond acceptors (Lipinski definition) is 4. The molecule has 158 valence electrons. The predicted molar refractivity (Wildman–Crippen MR) is 100 cm³/mol. The fourth-order valence-electron chi connectivity index (χ4n) is 2.60. The summed E-state index contributed by atoms with van der Waals surface area (Å²) in [4.78, 5) is 8.32. The molecule has 0 spiro atoms. The van der Waals surface area contributed by atoms with Crippen LogP contribution in [0.25, 0.3) is 0 Å². The number of alkyl halides is 6. The Morgan fingerprint density at radius 1 is 0.867 bits per heavy atom. The van der Waals surface area contributed by atoms with Crippen LogP contribution in [0.4, 0.5) is 43.8 Å². The third-order valence-corrected chi connectivity index (χ3v) is 4.15. The standard InChI is InChI=1S/C20H16F6N4/c1-12-10-28-18(29-16-7-5-14(6-8-16)19(21,22)23)30-17(12)27-11-13-3-2-4-15(9-13)20(24,25)26/h2-10H,11H2,1H3,(H2,27,28,29,30). The SMILES string of the molecule is Cc1cnc(Nc2ccc(C(F)(F)F)cc2)nc1NCc1cccc(C(F)(F)F)c1. The van der Waals surface area contributed by atoms with Gasteiger partial charge in [-0.2, -0.15) is 31.3 Å². The quantitative estimate of drug-likeness (QED) is 0.479. The lowest BCUT2D eigenvalue weighted by molar-refractivity contribution is -0.138. The molecule has 2 aromatic carbocycles. The molecule has 3 rings (SSSR count). The minimum atomic E-state index is -4.43. The molecule has 0 radical (unpaired) electrons. The number of halogens is 6. The average molecular weight is 426 g/mol. The van der Waals surface area contributed by atoms with Crippen LogP contribution in [0.3, 0.4) is 0 Å². The number of aryl methyl sites for hydroxylation is 1. The lowest BCUT2D eigenvalue weighted by Crippen LogP contribution is -2.09. The van der Waals surface area contributed by atoms with Gasteiger partial charge in [0.25, 0.3) is 0 Å². The van der Waals surface area contributed by atoms with E-state index in [2.05, 4.69) is 20.6 Å². The summed E-state index contributed by atoms with van der Waals surface area (Å²) in [5, 5.41) is 5.75. The van der Waals surface area contributed by atoms with Crippen molar-refractivity contribution in [3.63, 3.8) is 0 Å². The Balaban J connectivity index is 1.71. The van der Waals surface area contributed by atoms with Gasteiger partial charge in [0.1, 0.15) is 5.82 Å². The third-order valence-electron chi connectivity index (χ3n) is 4.15. The summed E-state index contributed by atoms with van der Waals surface area (Å²) in [5.41, 5.74) is -0.0945. The molecule has 4 nitrogen and oxygen atoms in total. The molecule has 0 aliphatic rings. The summed E-state index contributed by atoms with van der Waals surface area (Å²) in [5.74, 6) is 0.517. The summed E-state index contributed by atoms with van der Waals surface area (Å²) in [6, 6.07) is 9.29. The Hall–Kier alpha value is -3.30. The van der Waals surface area contributed by atoms with Crippen molar-refractivity contribution in [1.82, 2.24) is 9.97 Å². The Labute approximate surface area is 168 Å². The fraction of sp³-hybridized carbons (Fsp3) is 0.200. The number of nitrogens with one attached hydrogen (secondary N) is 2. The van der Waals surface area contributed by atoms with Crippen LogP contribution in [0.15, 0.2) is 54.7 Å². The lowest BCUT2D eigenvalue weighted by Gasteiger charge is -2.13. The van der Waals surface area contributed by atoms with Gasteiger partial charge in [0.15, 0.2) is 0 Å². The van der Waals surface area contributed by atoms with Crippen LogP contribution in [0.2, 0.25) is 0 Å². The van der Waals surface area contributed by atoms with E-state index < -0.39 is 23.5 Å². The van der Waals surface area contributed by atoms with Gasteiger partial charge in [0.2, 0.25) is 5.95 Å². The Bertz CT molecular complexity index is 1010. The van der Waals surface area contributed by atoms with Crippen LogP contribution in [0.1, 0.15) is 22.3 Å². The molecule has 1 heterocycles. The van der Waals surface area contributed by atoms with Gasteiger partial charge >= 0.3 is 12.4 Å². The van der Waals surface area contributed by atoms with Gasteiger partial charge in [-0.1, -0.05) is 12.1 Å². The largest absolute Gasteiger partial charge is 0.416 e. The highest BCUT2D eigenvalue weighted by Crippen LogP contribution is 2.31. The summed E-state index contributed by atoms with van der Waals surface area (Å²) in [6.45, 7) is 1.82. The topological polar surface area (TPSA) is 49.8 Å². The first-order valence-corrected chi connectivity index (χ1v) is 8.70.